The van der Waals surface area contributed by atoms with Gasteiger partial charge in [0.25, 0.3) is 0 Å². The van der Waals surface area contributed by atoms with Gasteiger partial charge in [-0.2, -0.15) is 0 Å². The summed E-state index contributed by atoms with van der Waals surface area (Å²) >= 11 is 3.90. The first-order valence-electron chi connectivity index (χ1n) is 3.66. The fourth-order valence-corrected chi connectivity index (χ4v) is 0.930. The molecular formula is C8H16N2S. The molecule has 0 aliphatic heterocycles. The van der Waals surface area contributed by atoms with E-state index >= 15 is 0 Å². The van der Waals surface area contributed by atoms with Crippen molar-refractivity contribution in [2.75, 3.05) is 26.2 Å². The SMILES string of the molecule is C=CCN(CC=C)CCNS. The van der Waals surface area contributed by atoms with E-state index in [1.807, 2.05) is 12.2 Å². The fourth-order valence-electron chi connectivity index (χ4n) is 0.830. The average molecular weight is 172 g/mol. The van der Waals surface area contributed by atoms with Gasteiger partial charge < -0.3 is 0 Å². The molecule has 0 amide bonds. The van der Waals surface area contributed by atoms with E-state index in [0.29, 0.717) is 0 Å². The van der Waals surface area contributed by atoms with E-state index in [2.05, 4.69) is 35.6 Å². The van der Waals surface area contributed by atoms with E-state index in [1.54, 1.807) is 0 Å². The molecular weight excluding hydrogens is 156 g/mol. The molecule has 0 atom stereocenters. The normalized spacial score (nSPS) is 10.0. The molecule has 0 unspecified atom stereocenters. The van der Waals surface area contributed by atoms with E-state index in [4.69, 9.17) is 0 Å². The van der Waals surface area contributed by atoms with Crippen LogP contribution in [0.5, 0.6) is 0 Å². The molecule has 64 valence electrons. The maximum absolute atomic E-state index is 3.90. The molecule has 0 rings (SSSR count). The molecule has 0 aromatic heterocycles. The van der Waals surface area contributed by atoms with Gasteiger partial charge in [0.05, 0.1) is 0 Å². The van der Waals surface area contributed by atoms with Crippen LogP contribution < -0.4 is 4.72 Å². The highest BCUT2D eigenvalue weighted by molar-refractivity contribution is 7.78. The Morgan fingerprint density at radius 3 is 2.18 bits per heavy atom. The fraction of sp³-hybridized carbons (Fsp3) is 0.500. The maximum Gasteiger partial charge on any atom is 0.0184 e. The van der Waals surface area contributed by atoms with E-state index in [1.165, 1.54) is 0 Å². The van der Waals surface area contributed by atoms with Crippen LogP contribution in [0.1, 0.15) is 0 Å². The largest absolute Gasteiger partial charge is 0.295 e. The molecule has 0 saturated carbocycles. The highest BCUT2D eigenvalue weighted by atomic mass is 32.1. The van der Waals surface area contributed by atoms with Gasteiger partial charge in [-0.05, 0) is 0 Å². The van der Waals surface area contributed by atoms with Crippen molar-refractivity contribution in [3.05, 3.63) is 25.3 Å². The number of hydrogen-bond donors (Lipinski definition) is 2. The van der Waals surface area contributed by atoms with Gasteiger partial charge in [-0.25, -0.2) is 0 Å². The van der Waals surface area contributed by atoms with Crippen molar-refractivity contribution in [2.24, 2.45) is 0 Å². The van der Waals surface area contributed by atoms with Gasteiger partial charge >= 0.3 is 0 Å². The minimum absolute atomic E-state index is 0.880. The smallest absolute Gasteiger partial charge is 0.0184 e. The summed E-state index contributed by atoms with van der Waals surface area (Å²) in [5.41, 5.74) is 0. The van der Waals surface area contributed by atoms with Crippen molar-refractivity contribution in [3.63, 3.8) is 0 Å². The first kappa shape index (κ1) is 10.8. The second kappa shape index (κ2) is 7.85. The predicted molar refractivity (Wildman–Crippen MR) is 53.8 cm³/mol. The molecule has 0 spiro atoms. The average Bonchev–Trinajstić information content (AvgIpc) is 2.01. The molecule has 3 heteroatoms. The number of hydrogen-bond acceptors (Lipinski definition) is 3. The molecule has 1 N–H and O–H groups in total. The number of nitrogens with zero attached hydrogens (tertiary/aromatic N) is 1. The van der Waals surface area contributed by atoms with Gasteiger partial charge in [-0.3, -0.25) is 9.62 Å². The molecule has 0 radical (unpaired) electrons. The van der Waals surface area contributed by atoms with E-state index in [9.17, 15) is 0 Å². The zero-order valence-corrected chi connectivity index (χ0v) is 7.69. The summed E-state index contributed by atoms with van der Waals surface area (Å²) < 4.78 is 2.80. The maximum atomic E-state index is 3.90. The molecule has 0 saturated heterocycles. The van der Waals surface area contributed by atoms with Crippen molar-refractivity contribution in [3.8, 4) is 0 Å². The van der Waals surface area contributed by atoms with Crippen LogP contribution in [-0.2, 0) is 0 Å². The summed E-state index contributed by atoms with van der Waals surface area (Å²) in [5.74, 6) is 0. The second-order valence-corrected chi connectivity index (χ2v) is 2.56. The zero-order valence-electron chi connectivity index (χ0n) is 6.79. The van der Waals surface area contributed by atoms with Crippen LogP contribution in [0.4, 0.5) is 0 Å². The van der Waals surface area contributed by atoms with Crippen LogP contribution in [0, 0.1) is 0 Å². The molecule has 0 aliphatic rings. The van der Waals surface area contributed by atoms with E-state index in [0.717, 1.165) is 26.2 Å². The Bertz CT molecular complexity index is 105. The molecule has 0 fully saturated rings. The minimum atomic E-state index is 0.880. The molecule has 0 aromatic carbocycles. The number of nitrogens with one attached hydrogen (secondary N) is 1. The summed E-state index contributed by atoms with van der Waals surface area (Å²) in [4.78, 5) is 2.23. The van der Waals surface area contributed by atoms with E-state index < -0.39 is 0 Å². The third-order valence-electron chi connectivity index (χ3n) is 1.31. The summed E-state index contributed by atoms with van der Waals surface area (Å²) in [6.07, 6.45) is 3.78. The minimum Gasteiger partial charge on any atom is -0.295 e. The summed E-state index contributed by atoms with van der Waals surface area (Å²) in [6, 6.07) is 0. The highest BCUT2D eigenvalue weighted by Gasteiger charge is 1.97. The van der Waals surface area contributed by atoms with Crippen LogP contribution in [0.2, 0.25) is 0 Å². The van der Waals surface area contributed by atoms with Crippen molar-refractivity contribution >= 4 is 12.8 Å². The Balaban J connectivity index is 3.49. The summed E-state index contributed by atoms with van der Waals surface area (Å²) in [7, 11) is 0. The number of thiol groups is 1. The summed E-state index contributed by atoms with van der Waals surface area (Å²) in [5, 5.41) is 0. The molecule has 0 bridgehead atoms. The van der Waals surface area contributed by atoms with Crippen molar-refractivity contribution in [1.82, 2.24) is 9.62 Å². The molecule has 2 nitrogen and oxygen atoms in total. The Labute approximate surface area is 74.5 Å². The van der Waals surface area contributed by atoms with Crippen LogP contribution in [0.3, 0.4) is 0 Å². The van der Waals surface area contributed by atoms with Gasteiger partial charge in [0.15, 0.2) is 0 Å². The van der Waals surface area contributed by atoms with Gasteiger partial charge in [0.2, 0.25) is 0 Å². The van der Waals surface area contributed by atoms with Gasteiger partial charge in [0, 0.05) is 26.2 Å². The first-order valence-corrected chi connectivity index (χ1v) is 4.11. The van der Waals surface area contributed by atoms with Gasteiger partial charge in [-0.15, -0.1) is 13.2 Å². The van der Waals surface area contributed by atoms with Crippen molar-refractivity contribution in [2.45, 2.75) is 0 Å². The van der Waals surface area contributed by atoms with Gasteiger partial charge in [0.1, 0.15) is 0 Å². The lowest BCUT2D eigenvalue weighted by atomic mass is 10.4. The standard InChI is InChI=1S/C8H16N2S/c1-3-6-10(7-4-2)8-5-9-11/h3-4,9,11H,1-2,5-8H2. The third kappa shape index (κ3) is 6.16. The summed E-state index contributed by atoms with van der Waals surface area (Å²) in [6.45, 7) is 11.0. The quantitative estimate of drug-likeness (QED) is 0.441. The van der Waals surface area contributed by atoms with Gasteiger partial charge in [-0.1, -0.05) is 25.0 Å². The number of rotatable bonds is 7. The lowest BCUT2D eigenvalue weighted by molar-refractivity contribution is 0.342. The predicted octanol–water partition coefficient (Wildman–Crippen LogP) is 1.09. The van der Waals surface area contributed by atoms with Crippen molar-refractivity contribution in [1.29, 1.82) is 0 Å². The highest BCUT2D eigenvalue weighted by Crippen LogP contribution is 1.87. The molecule has 0 aromatic rings. The van der Waals surface area contributed by atoms with Crippen LogP contribution in [-0.4, -0.2) is 31.1 Å². The Morgan fingerprint density at radius 2 is 1.82 bits per heavy atom. The monoisotopic (exact) mass is 172 g/mol. The molecule has 0 heterocycles. The lowest BCUT2D eigenvalue weighted by Crippen LogP contribution is -2.29. The van der Waals surface area contributed by atoms with Crippen LogP contribution >= 0.6 is 12.8 Å². The first-order chi connectivity index (χ1) is 5.35. The van der Waals surface area contributed by atoms with E-state index in [-0.39, 0.29) is 0 Å². The zero-order chi connectivity index (χ0) is 8.53. The van der Waals surface area contributed by atoms with Crippen molar-refractivity contribution < 1.29 is 0 Å². The molecule has 11 heavy (non-hydrogen) atoms. The second-order valence-electron chi connectivity index (χ2n) is 2.25. The Kier molecular flexibility index (Phi) is 7.67. The van der Waals surface area contributed by atoms with Crippen LogP contribution in [0.25, 0.3) is 0 Å². The third-order valence-corrected chi connectivity index (χ3v) is 1.54. The van der Waals surface area contributed by atoms with Crippen LogP contribution in [0.15, 0.2) is 25.3 Å². The molecule has 0 aliphatic carbocycles. The Hall–Kier alpha value is -0.250. The lowest BCUT2D eigenvalue weighted by Gasteiger charge is -2.17. The Morgan fingerprint density at radius 1 is 1.27 bits per heavy atom. The topological polar surface area (TPSA) is 15.3 Å².